The van der Waals surface area contributed by atoms with E-state index in [1.54, 1.807) is 36.4 Å². The Morgan fingerprint density at radius 2 is 1.86 bits per heavy atom. The van der Waals surface area contributed by atoms with Crippen LogP contribution in [0.25, 0.3) is 0 Å². The lowest BCUT2D eigenvalue weighted by atomic mass is 10.1. The summed E-state index contributed by atoms with van der Waals surface area (Å²) in [4.78, 5) is 52.5. The normalized spacial score (nSPS) is 19.4. The molecule has 1 heterocycles. The van der Waals surface area contributed by atoms with Gasteiger partial charge in [-0.15, -0.1) is 0 Å². The fourth-order valence-electron chi connectivity index (χ4n) is 3.79. The Balaban J connectivity index is 1.76. The number of para-hydroxylation sites is 1. The molecule has 11 heteroatoms. The van der Waals surface area contributed by atoms with E-state index in [0.29, 0.717) is 6.42 Å². The molecule has 2 atom stereocenters. The van der Waals surface area contributed by atoms with Crippen molar-refractivity contribution in [1.82, 2.24) is 20.9 Å². The maximum atomic E-state index is 13.1. The average Bonchev–Trinajstić information content (AvgIpc) is 2.90. The van der Waals surface area contributed by atoms with Gasteiger partial charge in [-0.2, -0.15) is 0 Å². The van der Waals surface area contributed by atoms with Gasteiger partial charge in [-0.1, -0.05) is 24.3 Å². The molecule has 0 fully saturated rings. The van der Waals surface area contributed by atoms with Crippen molar-refractivity contribution >= 4 is 23.6 Å². The third-order valence-electron chi connectivity index (χ3n) is 5.92. The van der Waals surface area contributed by atoms with Gasteiger partial charge >= 0.3 is 0 Å². The summed E-state index contributed by atoms with van der Waals surface area (Å²) in [6.45, 7) is -0.148. The van der Waals surface area contributed by atoms with E-state index >= 15 is 0 Å². The third kappa shape index (κ3) is 8.01. The lowest BCUT2D eigenvalue weighted by Gasteiger charge is -2.23. The Labute approximate surface area is 214 Å². The summed E-state index contributed by atoms with van der Waals surface area (Å²) >= 11 is 0. The number of amides is 4. The molecule has 3 rings (SSSR count). The number of likely N-dealkylation sites (N-methyl/N-ethyl adjacent to an activating group) is 1. The zero-order valence-electron chi connectivity index (χ0n) is 20.5. The minimum atomic E-state index is -1.15. The van der Waals surface area contributed by atoms with Gasteiger partial charge in [0.25, 0.3) is 5.91 Å². The third-order valence-corrected chi connectivity index (χ3v) is 5.92. The van der Waals surface area contributed by atoms with Crippen LogP contribution < -0.4 is 20.7 Å². The summed E-state index contributed by atoms with van der Waals surface area (Å²) in [5.74, 6) is -2.18. The standard InChI is InChI=1S/C26H31FN4O6/c1-31-14-15-37-22-5-3-2-4-19(22)24(34)30-20(10-11-23(33)29-21(16-32)26(31)36)25(35)28-13-12-17-6-8-18(27)9-7-17/h2-9,20-21,32H,10-16H2,1H3,(H,28,35)(H,29,33)(H,30,34)/t20-,21-/m0/s1. The second-order valence-corrected chi connectivity index (χ2v) is 8.64. The molecule has 37 heavy (non-hydrogen) atoms. The van der Waals surface area contributed by atoms with Gasteiger partial charge in [0.2, 0.25) is 17.7 Å². The van der Waals surface area contributed by atoms with Gasteiger partial charge < -0.3 is 30.7 Å². The Kier molecular flexibility index (Phi) is 9.96. The first-order chi connectivity index (χ1) is 17.8. The minimum Gasteiger partial charge on any atom is -0.491 e. The number of rotatable bonds is 5. The van der Waals surface area contributed by atoms with Gasteiger partial charge in [0, 0.05) is 20.0 Å². The highest BCUT2D eigenvalue weighted by Crippen LogP contribution is 2.18. The molecule has 0 unspecified atom stereocenters. The van der Waals surface area contributed by atoms with E-state index < -0.39 is 42.3 Å². The second kappa shape index (κ2) is 13.4. The number of nitrogens with one attached hydrogen (secondary N) is 3. The predicted octanol–water partition coefficient (Wildman–Crippen LogP) is 0.391. The van der Waals surface area contributed by atoms with Crippen LogP contribution in [0.15, 0.2) is 48.5 Å². The summed E-state index contributed by atoms with van der Waals surface area (Å²) in [5.41, 5.74) is 1.02. The highest BCUT2D eigenvalue weighted by atomic mass is 19.1. The van der Waals surface area contributed by atoms with Gasteiger partial charge in [0.15, 0.2) is 0 Å². The van der Waals surface area contributed by atoms with Crippen LogP contribution in [0, 0.1) is 5.82 Å². The van der Waals surface area contributed by atoms with Crippen LogP contribution in [0.3, 0.4) is 0 Å². The number of ether oxygens (including phenoxy) is 1. The molecular weight excluding hydrogens is 483 g/mol. The summed E-state index contributed by atoms with van der Waals surface area (Å²) in [7, 11) is 1.52. The first kappa shape index (κ1) is 27.6. The lowest BCUT2D eigenvalue weighted by molar-refractivity contribution is -0.137. The van der Waals surface area contributed by atoms with E-state index in [9.17, 15) is 28.7 Å². The van der Waals surface area contributed by atoms with Crippen molar-refractivity contribution in [2.24, 2.45) is 0 Å². The predicted molar refractivity (Wildman–Crippen MR) is 132 cm³/mol. The molecule has 198 valence electrons. The Bertz CT molecular complexity index is 1110. The van der Waals surface area contributed by atoms with Crippen LogP contribution in [0.4, 0.5) is 4.39 Å². The summed E-state index contributed by atoms with van der Waals surface area (Å²) in [5, 5.41) is 17.5. The SMILES string of the molecule is CN1CCOc2ccccc2C(=O)N[C@H](C(=O)NCCc2ccc(F)cc2)CCC(=O)N[C@@H](CO)C1=O. The molecule has 0 spiro atoms. The number of halogens is 1. The van der Waals surface area contributed by atoms with Gasteiger partial charge in [0.05, 0.1) is 18.7 Å². The number of fused-ring (bicyclic) bond motifs is 1. The van der Waals surface area contributed by atoms with Crippen LogP contribution >= 0.6 is 0 Å². The molecule has 0 saturated heterocycles. The van der Waals surface area contributed by atoms with Crippen molar-refractivity contribution in [3.63, 3.8) is 0 Å². The van der Waals surface area contributed by atoms with Gasteiger partial charge in [-0.05, 0) is 42.7 Å². The molecule has 10 nitrogen and oxygen atoms in total. The number of hydrogen-bond donors (Lipinski definition) is 4. The number of aliphatic hydroxyl groups is 1. The van der Waals surface area contributed by atoms with Crippen LogP contribution in [0.5, 0.6) is 5.75 Å². The number of carbonyl (C=O) groups is 4. The first-order valence-electron chi connectivity index (χ1n) is 12.0. The highest BCUT2D eigenvalue weighted by Gasteiger charge is 2.27. The number of carbonyl (C=O) groups excluding carboxylic acids is 4. The molecule has 0 bridgehead atoms. The van der Waals surface area contributed by atoms with E-state index in [1.807, 2.05) is 0 Å². The highest BCUT2D eigenvalue weighted by molar-refractivity contribution is 5.99. The Morgan fingerprint density at radius 1 is 1.14 bits per heavy atom. The van der Waals surface area contributed by atoms with E-state index in [1.165, 1.54) is 24.1 Å². The second-order valence-electron chi connectivity index (χ2n) is 8.64. The molecule has 1 aliphatic heterocycles. The smallest absolute Gasteiger partial charge is 0.255 e. The fraction of sp³-hybridized carbons (Fsp3) is 0.385. The van der Waals surface area contributed by atoms with Crippen LogP contribution in [-0.2, 0) is 20.8 Å². The van der Waals surface area contributed by atoms with Gasteiger partial charge in [-0.25, -0.2) is 4.39 Å². The molecule has 4 amide bonds. The summed E-state index contributed by atoms with van der Waals surface area (Å²) in [6.07, 6.45) is 0.213. The van der Waals surface area contributed by atoms with Crippen molar-refractivity contribution < 1.29 is 33.4 Å². The average molecular weight is 515 g/mol. The maximum absolute atomic E-state index is 13.1. The summed E-state index contributed by atoms with van der Waals surface area (Å²) < 4.78 is 18.8. The largest absolute Gasteiger partial charge is 0.491 e. The van der Waals surface area contributed by atoms with Crippen molar-refractivity contribution in [3.05, 3.63) is 65.5 Å². The first-order valence-corrected chi connectivity index (χ1v) is 12.0. The van der Waals surface area contributed by atoms with Crippen LogP contribution in [0.1, 0.15) is 28.8 Å². The van der Waals surface area contributed by atoms with E-state index in [0.717, 1.165) is 5.56 Å². The minimum absolute atomic E-state index is 0.0504. The van der Waals surface area contributed by atoms with Gasteiger partial charge in [-0.3, -0.25) is 19.2 Å². The van der Waals surface area contributed by atoms with Crippen LogP contribution in [0.2, 0.25) is 0 Å². The van der Waals surface area contributed by atoms with Crippen molar-refractivity contribution in [1.29, 1.82) is 0 Å². The Morgan fingerprint density at radius 3 is 2.59 bits per heavy atom. The van der Waals surface area contributed by atoms with Crippen molar-refractivity contribution in [2.45, 2.75) is 31.3 Å². The van der Waals surface area contributed by atoms with Gasteiger partial charge in [0.1, 0.15) is 30.3 Å². The molecule has 2 aromatic rings. The number of aliphatic hydroxyl groups excluding tert-OH is 1. The molecule has 0 aliphatic carbocycles. The quantitative estimate of drug-likeness (QED) is 0.456. The topological polar surface area (TPSA) is 137 Å². The molecule has 0 radical (unpaired) electrons. The molecule has 2 aromatic carbocycles. The lowest BCUT2D eigenvalue weighted by Crippen LogP contribution is -2.51. The van der Waals surface area contributed by atoms with E-state index in [-0.39, 0.29) is 49.7 Å². The molecule has 0 saturated carbocycles. The monoisotopic (exact) mass is 514 g/mol. The summed E-state index contributed by atoms with van der Waals surface area (Å²) in [6, 6.07) is 10.2. The molecule has 0 aromatic heterocycles. The van der Waals surface area contributed by atoms with Crippen molar-refractivity contribution in [2.75, 3.05) is 33.4 Å². The zero-order valence-corrected chi connectivity index (χ0v) is 20.5. The molecule has 4 N–H and O–H groups in total. The molecular formula is C26H31FN4O6. The Hall–Kier alpha value is -3.99. The number of nitrogens with zero attached hydrogens (tertiary/aromatic N) is 1. The maximum Gasteiger partial charge on any atom is 0.255 e. The van der Waals surface area contributed by atoms with E-state index in [2.05, 4.69) is 16.0 Å². The fourth-order valence-corrected chi connectivity index (χ4v) is 3.79. The van der Waals surface area contributed by atoms with E-state index in [4.69, 9.17) is 4.74 Å². The number of hydrogen-bond acceptors (Lipinski definition) is 6. The van der Waals surface area contributed by atoms with Crippen molar-refractivity contribution in [3.8, 4) is 5.75 Å². The zero-order chi connectivity index (χ0) is 26.8. The van der Waals surface area contributed by atoms with Crippen LogP contribution in [-0.4, -0.2) is 79.1 Å². The number of benzene rings is 2. The molecule has 1 aliphatic rings.